The molecule has 0 bridgehead atoms. The van der Waals surface area contributed by atoms with Gasteiger partial charge >= 0.3 is 5.97 Å². The monoisotopic (exact) mass is 331 g/mol. The lowest BCUT2D eigenvalue weighted by Crippen LogP contribution is -2.50. The van der Waals surface area contributed by atoms with E-state index in [1.807, 2.05) is 0 Å². The number of halogens is 1. The summed E-state index contributed by atoms with van der Waals surface area (Å²) in [5.41, 5.74) is 0.386. The Balaban J connectivity index is 1.95. The van der Waals surface area contributed by atoms with Gasteiger partial charge in [0.1, 0.15) is 11.4 Å². The highest BCUT2D eigenvalue weighted by Gasteiger charge is 2.46. The van der Waals surface area contributed by atoms with Crippen LogP contribution in [0.2, 0.25) is 0 Å². The van der Waals surface area contributed by atoms with Gasteiger partial charge in [0, 0.05) is 6.54 Å². The number of nitrogens with zero attached hydrogens (tertiary/aromatic N) is 3. The van der Waals surface area contributed by atoms with Crippen molar-refractivity contribution < 1.29 is 19.1 Å². The Labute approximate surface area is 138 Å². The molecule has 0 saturated carbocycles. The fourth-order valence-corrected chi connectivity index (χ4v) is 3.12. The van der Waals surface area contributed by atoms with Crippen LogP contribution >= 0.6 is 0 Å². The van der Waals surface area contributed by atoms with E-state index in [1.165, 1.54) is 23.2 Å². The molecule has 6 nitrogen and oxygen atoms in total. The number of aromatic nitrogens is 2. The van der Waals surface area contributed by atoms with Gasteiger partial charge in [-0.2, -0.15) is 5.10 Å². The highest BCUT2D eigenvalue weighted by atomic mass is 19.1. The SMILES string of the molecule is Cc1c(C(=O)N2CCCC2(C)C(=O)O)cnn1-c1ccc(F)cc1. The molecule has 1 fully saturated rings. The normalized spacial score (nSPS) is 20.4. The van der Waals surface area contributed by atoms with E-state index in [0.717, 1.165) is 0 Å². The van der Waals surface area contributed by atoms with E-state index in [4.69, 9.17) is 0 Å². The summed E-state index contributed by atoms with van der Waals surface area (Å²) < 4.78 is 14.6. The number of carbonyl (C=O) groups excluding carboxylic acids is 1. The fourth-order valence-electron chi connectivity index (χ4n) is 3.12. The van der Waals surface area contributed by atoms with Gasteiger partial charge in [-0.15, -0.1) is 0 Å². The molecule has 1 atom stereocenters. The van der Waals surface area contributed by atoms with Crippen molar-refractivity contribution in [3.05, 3.63) is 47.5 Å². The highest BCUT2D eigenvalue weighted by Crippen LogP contribution is 2.31. The molecule has 3 rings (SSSR count). The molecule has 1 aromatic carbocycles. The van der Waals surface area contributed by atoms with E-state index in [9.17, 15) is 19.1 Å². The van der Waals surface area contributed by atoms with E-state index in [1.54, 1.807) is 30.7 Å². The van der Waals surface area contributed by atoms with E-state index < -0.39 is 11.5 Å². The molecule has 1 amide bonds. The molecule has 1 aliphatic heterocycles. The quantitative estimate of drug-likeness (QED) is 0.937. The third kappa shape index (κ3) is 2.46. The molecule has 1 saturated heterocycles. The van der Waals surface area contributed by atoms with E-state index in [2.05, 4.69) is 5.10 Å². The predicted octanol–water partition coefficient (Wildman–Crippen LogP) is 2.40. The van der Waals surface area contributed by atoms with Gasteiger partial charge in [-0.05, 0) is 51.0 Å². The molecule has 0 aliphatic carbocycles. The van der Waals surface area contributed by atoms with Crippen molar-refractivity contribution in [1.82, 2.24) is 14.7 Å². The van der Waals surface area contributed by atoms with E-state index in [-0.39, 0.29) is 11.7 Å². The zero-order valence-electron chi connectivity index (χ0n) is 13.5. The standard InChI is InChI=1S/C17H18FN3O3/c1-11-14(10-19-21(11)13-6-4-12(18)5-7-13)15(22)20-9-3-8-17(20,2)16(23)24/h4-7,10H,3,8-9H2,1-2H3,(H,23,24). The smallest absolute Gasteiger partial charge is 0.329 e. The number of amides is 1. The third-order valence-electron chi connectivity index (χ3n) is 4.66. The number of rotatable bonds is 3. The first-order valence-electron chi connectivity index (χ1n) is 7.70. The van der Waals surface area contributed by atoms with Crippen molar-refractivity contribution in [2.45, 2.75) is 32.2 Å². The van der Waals surface area contributed by atoms with Crippen LogP contribution in [-0.4, -0.2) is 43.7 Å². The Kier molecular flexibility index (Phi) is 3.87. The van der Waals surface area contributed by atoms with Crippen LogP contribution in [0, 0.1) is 12.7 Å². The summed E-state index contributed by atoms with van der Waals surface area (Å²) in [6.45, 7) is 3.71. The van der Waals surface area contributed by atoms with Gasteiger partial charge in [-0.25, -0.2) is 13.9 Å². The van der Waals surface area contributed by atoms with Crippen LogP contribution in [0.15, 0.2) is 30.5 Å². The molecule has 126 valence electrons. The number of hydrogen-bond acceptors (Lipinski definition) is 3. The number of aliphatic carboxylic acids is 1. The number of carbonyl (C=O) groups is 2. The largest absolute Gasteiger partial charge is 0.480 e. The maximum absolute atomic E-state index is 13.1. The number of benzene rings is 1. The third-order valence-corrected chi connectivity index (χ3v) is 4.66. The van der Waals surface area contributed by atoms with Gasteiger partial charge in [-0.3, -0.25) is 4.79 Å². The molecule has 1 aliphatic rings. The summed E-state index contributed by atoms with van der Waals surface area (Å²) in [7, 11) is 0. The molecule has 0 spiro atoms. The maximum Gasteiger partial charge on any atom is 0.329 e. The summed E-state index contributed by atoms with van der Waals surface area (Å²) in [6, 6.07) is 5.78. The van der Waals surface area contributed by atoms with Gasteiger partial charge in [0.05, 0.1) is 23.1 Å². The number of likely N-dealkylation sites (tertiary alicyclic amines) is 1. The molecule has 2 aromatic rings. The lowest BCUT2D eigenvalue weighted by molar-refractivity contribution is -0.147. The van der Waals surface area contributed by atoms with Crippen LogP contribution < -0.4 is 0 Å². The Morgan fingerprint density at radius 3 is 2.58 bits per heavy atom. The van der Waals surface area contributed by atoms with Crippen LogP contribution in [0.4, 0.5) is 4.39 Å². The fraction of sp³-hybridized carbons (Fsp3) is 0.353. The minimum atomic E-state index is -1.19. The van der Waals surface area contributed by atoms with Crippen LogP contribution in [0.3, 0.4) is 0 Å². The molecule has 0 radical (unpaired) electrons. The van der Waals surface area contributed by atoms with Crippen LogP contribution in [0.5, 0.6) is 0 Å². The van der Waals surface area contributed by atoms with Crippen molar-refractivity contribution in [2.75, 3.05) is 6.54 Å². The Morgan fingerprint density at radius 2 is 1.96 bits per heavy atom. The second-order valence-corrected chi connectivity index (χ2v) is 6.17. The molecule has 1 aromatic heterocycles. The van der Waals surface area contributed by atoms with Gasteiger partial charge < -0.3 is 10.0 Å². The molecule has 1 unspecified atom stereocenters. The van der Waals surface area contributed by atoms with Crippen molar-refractivity contribution >= 4 is 11.9 Å². The summed E-state index contributed by atoms with van der Waals surface area (Å²) in [4.78, 5) is 25.8. The first-order valence-corrected chi connectivity index (χ1v) is 7.70. The second kappa shape index (κ2) is 5.74. The molecular formula is C17H18FN3O3. The van der Waals surface area contributed by atoms with Crippen molar-refractivity contribution in [3.8, 4) is 5.69 Å². The Bertz CT molecular complexity index is 800. The van der Waals surface area contributed by atoms with Crippen LogP contribution in [0.25, 0.3) is 5.69 Å². The first kappa shape index (κ1) is 16.2. The van der Waals surface area contributed by atoms with E-state index in [0.29, 0.717) is 36.3 Å². The van der Waals surface area contributed by atoms with Gasteiger partial charge in [0.2, 0.25) is 0 Å². The van der Waals surface area contributed by atoms with Crippen molar-refractivity contribution in [3.63, 3.8) is 0 Å². The number of carboxylic acid groups (broad SMARTS) is 1. The average molecular weight is 331 g/mol. The highest BCUT2D eigenvalue weighted by molar-refractivity contribution is 5.99. The Morgan fingerprint density at radius 1 is 1.29 bits per heavy atom. The molecule has 24 heavy (non-hydrogen) atoms. The lowest BCUT2D eigenvalue weighted by Gasteiger charge is -2.31. The van der Waals surface area contributed by atoms with Gasteiger partial charge in [0.15, 0.2) is 0 Å². The van der Waals surface area contributed by atoms with Crippen LogP contribution in [0.1, 0.15) is 35.8 Å². The second-order valence-electron chi connectivity index (χ2n) is 6.17. The molecular weight excluding hydrogens is 313 g/mol. The first-order chi connectivity index (χ1) is 11.3. The average Bonchev–Trinajstić information content (AvgIpc) is 3.12. The zero-order valence-corrected chi connectivity index (χ0v) is 13.5. The summed E-state index contributed by atoms with van der Waals surface area (Å²) in [5, 5.41) is 13.7. The summed E-state index contributed by atoms with van der Waals surface area (Å²) in [6.07, 6.45) is 2.51. The number of carboxylic acids is 1. The maximum atomic E-state index is 13.1. The van der Waals surface area contributed by atoms with Crippen molar-refractivity contribution in [2.24, 2.45) is 0 Å². The lowest BCUT2D eigenvalue weighted by atomic mass is 9.98. The topological polar surface area (TPSA) is 75.4 Å². The molecule has 1 N–H and O–H groups in total. The van der Waals surface area contributed by atoms with E-state index >= 15 is 0 Å². The minimum Gasteiger partial charge on any atom is -0.480 e. The van der Waals surface area contributed by atoms with Gasteiger partial charge in [0.25, 0.3) is 5.91 Å². The number of hydrogen-bond donors (Lipinski definition) is 1. The summed E-state index contributed by atoms with van der Waals surface area (Å²) >= 11 is 0. The van der Waals surface area contributed by atoms with Crippen LogP contribution in [-0.2, 0) is 4.79 Å². The summed E-state index contributed by atoms with van der Waals surface area (Å²) in [5.74, 6) is -1.70. The van der Waals surface area contributed by atoms with Gasteiger partial charge in [-0.1, -0.05) is 0 Å². The zero-order chi connectivity index (χ0) is 17.5. The predicted molar refractivity (Wildman–Crippen MR) is 84.6 cm³/mol. The van der Waals surface area contributed by atoms with Crippen molar-refractivity contribution in [1.29, 1.82) is 0 Å². The molecule has 2 heterocycles. The minimum absolute atomic E-state index is 0.344. The Hall–Kier alpha value is -2.70. The molecule has 7 heteroatoms.